The third-order valence-corrected chi connectivity index (χ3v) is 4.24. The van der Waals surface area contributed by atoms with Gasteiger partial charge in [0.2, 0.25) is 0 Å². The van der Waals surface area contributed by atoms with Crippen molar-refractivity contribution in [2.75, 3.05) is 12.8 Å². The predicted molar refractivity (Wildman–Crippen MR) is 85.2 cm³/mol. The number of carbonyl (C=O) groups is 1. The van der Waals surface area contributed by atoms with Crippen LogP contribution in [0.1, 0.15) is 31.1 Å². The van der Waals surface area contributed by atoms with Gasteiger partial charge in [0.1, 0.15) is 0 Å². The largest absolute Gasteiger partial charge is 0.345 e. The van der Waals surface area contributed by atoms with E-state index < -0.39 is 0 Å². The minimum atomic E-state index is -0.372. The highest BCUT2D eigenvalue weighted by atomic mass is 35.5. The molecule has 0 aromatic heterocycles. The Labute approximate surface area is 126 Å². The maximum Gasteiger partial charge on any atom is 0.252 e. The van der Waals surface area contributed by atoms with E-state index in [0.717, 1.165) is 4.90 Å². The van der Waals surface area contributed by atoms with E-state index in [0.29, 0.717) is 12.1 Å². The van der Waals surface area contributed by atoms with Gasteiger partial charge in [-0.1, -0.05) is 26.0 Å². The zero-order chi connectivity index (χ0) is 13.8. The van der Waals surface area contributed by atoms with Gasteiger partial charge in [-0.05, 0) is 31.2 Å². The summed E-state index contributed by atoms with van der Waals surface area (Å²) in [5, 5.41) is 3.06. The van der Waals surface area contributed by atoms with Crippen LogP contribution in [0.25, 0.3) is 0 Å². The van der Waals surface area contributed by atoms with Crippen LogP contribution in [0, 0.1) is 5.92 Å². The Balaban J connectivity index is 0.00000324. The minimum Gasteiger partial charge on any atom is -0.345 e. The molecule has 0 saturated heterocycles. The first-order valence-corrected chi connectivity index (χ1v) is 7.32. The standard InChI is InChI=1S/C14H22N2OS.ClH/c1-10(2)14(3,9-15)16-13(17)11-7-5-6-8-12(11)18-4;/h5-8,10H,9,15H2,1-4H3,(H,16,17);1H. The number of nitrogens with one attached hydrogen (secondary N) is 1. The summed E-state index contributed by atoms with van der Waals surface area (Å²) in [6.45, 7) is 6.54. The number of rotatable bonds is 5. The average Bonchev–Trinajstić information content (AvgIpc) is 2.38. The highest BCUT2D eigenvalue weighted by Crippen LogP contribution is 2.22. The Morgan fingerprint density at radius 3 is 2.47 bits per heavy atom. The SMILES string of the molecule is CSc1ccccc1C(=O)NC(C)(CN)C(C)C.Cl. The molecule has 0 bridgehead atoms. The summed E-state index contributed by atoms with van der Waals surface area (Å²) in [7, 11) is 0. The summed E-state index contributed by atoms with van der Waals surface area (Å²) in [4.78, 5) is 13.3. The second-order valence-corrected chi connectivity index (χ2v) is 5.78. The van der Waals surface area contributed by atoms with Crippen molar-refractivity contribution in [2.24, 2.45) is 11.7 Å². The summed E-state index contributed by atoms with van der Waals surface area (Å²) in [5.74, 6) is 0.231. The maximum atomic E-state index is 12.3. The van der Waals surface area contributed by atoms with Gasteiger partial charge in [0, 0.05) is 11.4 Å². The molecular weight excluding hydrogens is 280 g/mol. The average molecular weight is 303 g/mol. The van der Waals surface area contributed by atoms with E-state index in [9.17, 15) is 4.79 Å². The fraction of sp³-hybridized carbons (Fsp3) is 0.500. The first-order chi connectivity index (χ1) is 8.44. The van der Waals surface area contributed by atoms with E-state index in [1.165, 1.54) is 0 Å². The van der Waals surface area contributed by atoms with Crippen molar-refractivity contribution in [2.45, 2.75) is 31.2 Å². The number of benzene rings is 1. The van der Waals surface area contributed by atoms with Crippen molar-refractivity contribution in [3.8, 4) is 0 Å². The number of carbonyl (C=O) groups excluding carboxylic acids is 1. The number of amides is 1. The Morgan fingerprint density at radius 2 is 2.00 bits per heavy atom. The molecule has 0 saturated carbocycles. The van der Waals surface area contributed by atoms with E-state index in [4.69, 9.17) is 5.73 Å². The second kappa shape index (κ2) is 7.78. The number of nitrogens with two attached hydrogens (primary N) is 1. The van der Waals surface area contributed by atoms with Gasteiger partial charge in [-0.15, -0.1) is 24.2 Å². The van der Waals surface area contributed by atoms with Crippen LogP contribution in [-0.2, 0) is 0 Å². The maximum absolute atomic E-state index is 12.3. The molecule has 5 heteroatoms. The Morgan fingerprint density at radius 1 is 1.42 bits per heavy atom. The Hall–Kier alpha value is -0.710. The van der Waals surface area contributed by atoms with Gasteiger partial charge in [0.05, 0.1) is 11.1 Å². The molecule has 1 atom stereocenters. The molecule has 1 unspecified atom stereocenters. The van der Waals surface area contributed by atoms with Crippen molar-refractivity contribution in [3.63, 3.8) is 0 Å². The number of hydrogen-bond donors (Lipinski definition) is 2. The molecule has 108 valence electrons. The smallest absolute Gasteiger partial charge is 0.252 e. The van der Waals surface area contributed by atoms with Crippen LogP contribution >= 0.6 is 24.2 Å². The lowest BCUT2D eigenvalue weighted by atomic mass is 9.88. The van der Waals surface area contributed by atoms with E-state index in [1.54, 1.807) is 11.8 Å². The first-order valence-electron chi connectivity index (χ1n) is 6.10. The molecule has 19 heavy (non-hydrogen) atoms. The molecule has 0 aliphatic heterocycles. The van der Waals surface area contributed by atoms with Gasteiger partial charge < -0.3 is 11.1 Å². The van der Waals surface area contributed by atoms with Gasteiger partial charge in [-0.3, -0.25) is 4.79 Å². The third kappa shape index (κ3) is 4.41. The fourth-order valence-electron chi connectivity index (χ4n) is 1.59. The summed E-state index contributed by atoms with van der Waals surface area (Å²) in [5.41, 5.74) is 6.13. The third-order valence-electron chi connectivity index (χ3n) is 3.45. The summed E-state index contributed by atoms with van der Waals surface area (Å²) in [6, 6.07) is 7.62. The number of thioether (sulfide) groups is 1. The van der Waals surface area contributed by atoms with Crippen molar-refractivity contribution in [1.82, 2.24) is 5.32 Å². The summed E-state index contributed by atoms with van der Waals surface area (Å²) >= 11 is 1.57. The van der Waals surface area contributed by atoms with E-state index in [-0.39, 0.29) is 29.8 Å². The molecule has 3 nitrogen and oxygen atoms in total. The Bertz CT molecular complexity index is 426. The lowest BCUT2D eigenvalue weighted by molar-refractivity contribution is 0.0880. The van der Waals surface area contributed by atoms with Crippen molar-refractivity contribution < 1.29 is 4.79 Å². The Kier molecular flexibility index (Phi) is 7.49. The predicted octanol–water partition coefficient (Wildman–Crippen LogP) is 2.93. The molecule has 1 amide bonds. The van der Waals surface area contributed by atoms with Crippen LogP contribution in [0.5, 0.6) is 0 Å². The molecule has 1 aromatic rings. The topological polar surface area (TPSA) is 55.1 Å². The zero-order valence-electron chi connectivity index (χ0n) is 11.9. The molecule has 0 spiro atoms. The van der Waals surface area contributed by atoms with E-state index >= 15 is 0 Å². The van der Waals surface area contributed by atoms with Crippen LogP contribution in [0.15, 0.2) is 29.2 Å². The molecular formula is C14H23ClN2OS. The molecule has 0 aliphatic carbocycles. The van der Waals surface area contributed by atoms with Crippen molar-refractivity contribution >= 4 is 30.1 Å². The zero-order valence-corrected chi connectivity index (χ0v) is 13.5. The second-order valence-electron chi connectivity index (χ2n) is 4.93. The van der Waals surface area contributed by atoms with Gasteiger partial charge in [0.15, 0.2) is 0 Å². The lowest BCUT2D eigenvalue weighted by Crippen LogP contribution is -2.55. The van der Waals surface area contributed by atoms with Crippen LogP contribution in [0.2, 0.25) is 0 Å². The van der Waals surface area contributed by atoms with Crippen LogP contribution in [0.4, 0.5) is 0 Å². The number of hydrogen-bond acceptors (Lipinski definition) is 3. The molecule has 1 rings (SSSR count). The molecule has 3 N–H and O–H groups in total. The highest BCUT2D eigenvalue weighted by Gasteiger charge is 2.29. The molecule has 0 heterocycles. The van der Waals surface area contributed by atoms with E-state index in [1.807, 2.05) is 37.4 Å². The summed E-state index contributed by atoms with van der Waals surface area (Å²) < 4.78 is 0. The molecule has 0 aliphatic rings. The van der Waals surface area contributed by atoms with Crippen molar-refractivity contribution in [1.29, 1.82) is 0 Å². The van der Waals surface area contributed by atoms with Gasteiger partial charge in [-0.2, -0.15) is 0 Å². The van der Waals surface area contributed by atoms with E-state index in [2.05, 4.69) is 19.2 Å². The lowest BCUT2D eigenvalue weighted by Gasteiger charge is -2.33. The monoisotopic (exact) mass is 302 g/mol. The molecule has 0 fully saturated rings. The quantitative estimate of drug-likeness (QED) is 0.822. The minimum absolute atomic E-state index is 0. The molecule has 0 radical (unpaired) electrons. The summed E-state index contributed by atoms with van der Waals surface area (Å²) in [6.07, 6.45) is 1.97. The van der Waals surface area contributed by atoms with Crippen molar-refractivity contribution in [3.05, 3.63) is 29.8 Å². The first kappa shape index (κ1) is 18.3. The van der Waals surface area contributed by atoms with Crippen LogP contribution < -0.4 is 11.1 Å². The highest BCUT2D eigenvalue weighted by molar-refractivity contribution is 7.98. The molecule has 1 aromatic carbocycles. The number of halogens is 1. The normalized spacial score (nSPS) is 13.6. The fourth-order valence-corrected chi connectivity index (χ4v) is 2.19. The van der Waals surface area contributed by atoms with Gasteiger partial charge in [0.25, 0.3) is 5.91 Å². The van der Waals surface area contributed by atoms with Gasteiger partial charge >= 0.3 is 0 Å². The van der Waals surface area contributed by atoms with Crippen LogP contribution in [-0.4, -0.2) is 24.2 Å². The van der Waals surface area contributed by atoms with Gasteiger partial charge in [-0.25, -0.2) is 0 Å². The van der Waals surface area contributed by atoms with Crippen LogP contribution in [0.3, 0.4) is 0 Å².